The molecule has 0 aromatic carbocycles. The molecular formula is C9H17NO2. The van der Waals surface area contributed by atoms with Crippen LogP contribution in [0.4, 0.5) is 0 Å². The molecule has 0 radical (unpaired) electrons. The van der Waals surface area contributed by atoms with Crippen molar-refractivity contribution in [2.75, 3.05) is 0 Å². The third kappa shape index (κ3) is 0.817. The van der Waals surface area contributed by atoms with Gasteiger partial charge in [0.05, 0.1) is 0 Å². The summed E-state index contributed by atoms with van der Waals surface area (Å²) in [5.41, 5.74) is -0.226. The monoisotopic (exact) mass is 171 g/mol. The summed E-state index contributed by atoms with van der Waals surface area (Å²) in [5, 5.41) is 12.9. The van der Waals surface area contributed by atoms with Gasteiger partial charge in [0.1, 0.15) is 5.72 Å². The van der Waals surface area contributed by atoms with Crippen LogP contribution in [0, 0.1) is 11.8 Å². The summed E-state index contributed by atoms with van der Waals surface area (Å²) in [6.07, 6.45) is 0.349. The van der Waals surface area contributed by atoms with Crippen LogP contribution in [0.3, 0.4) is 0 Å². The zero-order valence-corrected chi connectivity index (χ0v) is 7.87. The third-order valence-corrected chi connectivity index (χ3v) is 3.56. The zero-order valence-electron chi connectivity index (χ0n) is 7.87. The average molecular weight is 171 g/mol. The molecular weight excluding hydrogens is 154 g/mol. The Balaban J connectivity index is 2.15. The maximum atomic E-state index is 9.53. The molecule has 0 spiro atoms. The van der Waals surface area contributed by atoms with E-state index in [1.54, 1.807) is 0 Å². The van der Waals surface area contributed by atoms with E-state index in [2.05, 4.69) is 19.2 Å². The SMILES string of the molecule is CCC12NC(C(C)[C@@H](O)O1)[C@H]2C. The molecule has 2 bridgehead atoms. The van der Waals surface area contributed by atoms with Crippen LogP contribution in [0.1, 0.15) is 27.2 Å². The fraction of sp³-hybridized carbons (Fsp3) is 1.00. The lowest BCUT2D eigenvalue weighted by Gasteiger charge is -2.62. The van der Waals surface area contributed by atoms with Crippen LogP contribution in [-0.2, 0) is 4.74 Å². The molecule has 3 heterocycles. The molecule has 0 aromatic rings. The normalized spacial score (nSPS) is 58.0. The van der Waals surface area contributed by atoms with Crippen molar-refractivity contribution >= 4 is 0 Å². The molecule has 70 valence electrons. The molecule has 0 saturated carbocycles. The third-order valence-electron chi connectivity index (χ3n) is 3.56. The minimum absolute atomic E-state index is 0.216. The Morgan fingerprint density at radius 3 is 2.67 bits per heavy atom. The fourth-order valence-electron chi connectivity index (χ4n) is 2.47. The van der Waals surface area contributed by atoms with Gasteiger partial charge in [-0.05, 0) is 6.42 Å². The summed E-state index contributed by atoms with van der Waals surface area (Å²) in [4.78, 5) is 0. The lowest BCUT2D eigenvalue weighted by atomic mass is 9.70. The lowest BCUT2D eigenvalue weighted by Crippen LogP contribution is -2.79. The van der Waals surface area contributed by atoms with Crippen molar-refractivity contribution in [2.24, 2.45) is 11.8 Å². The van der Waals surface area contributed by atoms with E-state index in [1.165, 1.54) is 0 Å². The van der Waals surface area contributed by atoms with Crippen molar-refractivity contribution in [3.8, 4) is 0 Å². The summed E-state index contributed by atoms with van der Waals surface area (Å²) in [6.45, 7) is 6.30. The Labute approximate surface area is 73.1 Å². The van der Waals surface area contributed by atoms with Crippen LogP contribution < -0.4 is 5.32 Å². The number of aliphatic hydroxyl groups excluding tert-OH is 1. The molecule has 3 nitrogen and oxygen atoms in total. The van der Waals surface area contributed by atoms with Crippen molar-refractivity contribution in [3.05, 3.63) is 0 Å². The van der Waals surface area contributed by atoms with Crippen molar-refractivity contribution in [1.82, 2.24) is 5.32 Å². The van der Waals surface area contributed by atoms with Gasteiger partial charge < -0.3 is 9.84 Å². The van der Waals surface area contributed by atoms with Gasteiger partial charge in [0.25, 0.3) is 0 Å². The van der Waals surface area contributed by atoms with Gasteiger partial charge in [-0.15, -0.1) is 0 Å². The summed E-state index contributed by atoms with van der Waals surface area (Å²) < 4.78 is 5.56. The Hall–Kier alpha value is -0.120. The zero-order chi connectivity index (χ0) is 8.93. The number of ether oxygens (including phenoxy) is 1. The van der Waals surface area contributed by atoms with Gasteiger partial charge in [0, 0.05) is 17.9 Å². The van der Waals surface area contributed by atoms with Crippen LogP contribution in [-0.4, -0.2) is 23.2 Å². The van der Waals surface area contributed by atoms with E-state index < -0.39 is 6.29 Å². The van der Waals surface area contributed by atoms with Crippen molar-refractivity contribution < 1.29 is 9.84 Å². The topological polar surface area (TPSA) is 41.5 Å². The quantitative estimate of drug-likeness (QED) is 0.609. The highest BCUT2D eigenvalue weighted by Gasteiger charge is 2.59. The molecule has 5 atom stereocenters. The second-order valence-electron chi connectivity index (χ2n) is 4.07. The van der Waals surface area contributed by atoms with Crippen molar-refractivity contribution in [1.29, 1.82) is 0 Å². The molecule has 0 aromatic heterocycles. The molecule has 12 heavy (non-hydrogen) atoms. The second kappa shape index (κ2) is 2.44. The van der Waals surface area contributed by atoms with Gasteiger partial charge in [0.15, 0.2) is 6.29 Å². The largest absolute Gasteiger partial charge is 0.368 e. The summed E-state index contributed by atoms with van der Waals surface area (Å²) >= 11 is 0. The van der Waals surface area contributed by atoms with E-state index in [0.717, 1.165) is 6.42 Å². The lowest BCUT2D eigenvalue weighted by molar-refractivity contribution is -0.334. The molecule has 3 rings (SSSR count). The van der Waals surface area contributed by atoms with Gasteiger partial charge in [-0.3, -0.25) is 5.32 Å². The second-order valence-corrected chi connectivity index (χ2v) is 4.07. The standard InChI is InChI=1S/C9H17NO2/c1-4-9-6(3)7(10-9)5(2)8(11)12-9/h5-8,10-11H,4H2,1-3H3/t5?,6-,7?,8+,9?/m1/s1. The molecule has 0 amide bonds. The highest BCUT2D eigenvalue weighted by Crippen LogP contribution is 2.45. The summed E-state index contributed by atoms with van der Waals surface area (Å²) in [6, 6.07) is 0.439. The highest BCUT2D eigenvalue weighted by atomic mass is 16.6. The Kier molecular flexibility index (Phi) is 1.72. The Morgan fingerprint density at radius 2 is 2.17 bits per heavy atom. The number of fused-ring (bicyclic) bond motifs is 2. The molecule has 2 N–H and O–H groups in total. The summed E-state index contributed by atoms with van der Waals surface area (Å²) in [7, 11) is 0. The summed E-state index contributed by atoms with van der Waals surface area (Å²) in [5.74, 6) is 0.745. The van der Waals surface area contributed by atoms with E-state index in [1.807, 2.05) is 6.92 Å². The first-order valence-electron chi connectivity index (χ1n) is 4.74. The smallest absolute Gasteiger partial charge is 0.160 e. The Bertz CT molecular complexity index is 197. The van der Waals surface area contributed by atoms with Gasteiger partial charge in [0.2, 0.25) is 0 Å². The van der Waals surface area contributed by atoms with Crippen LogP contribution in [0.2, 0.25) is 0 Å². The van der Waals surface area contributed by atoms with Crippen LogP contribution in [0.15, 0.2) is 0 Å². The van der Waals surface area contributed by atoms with E-state index in [-0.39, 0.29) is 11.6 Å². The molecule has 3 heteroatoms. The number of nitrogens with one attached hydrogen (secondary N) is 1. The number of aliphatic hydroxyl groups is 1. The predicted molar refractivity (Wildman–Crippen MR) is 45.4 cm³/mol. The number of rotatable bonds is 1. The van der Waals surface area contributed by atoms with Crippen LogP contribution >= 0.6 is 0 Å². The minimum atomic E-state index is -0.576. The molecule has 3 aliphatic rings. The van der Waals surface area contributed by atoms with Gasteiger partial charge >= 0.3 is 0 Å². The van der Waals surface area contributed by atoms with E-state index in [4.69, 9.17) is 4.74 Å². The van der Waals surface area contributed by atoms with Gasteiger partial charge in [-0.2, -0.15) is 0 Å². The number of hydrogen-bond donors (Lipinski definition) is 2. The Morgan fingerprint density at radius 1 is 1.50 bits per heavy atom. The average Bonchev–Trinajstić information content (AvgIpc) is 2.07. The highest BCUT2D eigenvalue weighted by molar-refractivity contribution is 5.07. The van der Waals surface area contributed by atoms with E-state index >= 15 is 0 Å². The first kappa shape index (κ1) is 8.48. The van der Waals surface area contributed by atoms with Gasteiger partial charge in [-0.1, -0.05) is 20.8 Å². The molecule has 3 unspecified atom stereocenters. The minimum Gasteiger partial charge on any atom is -0.368 e. The number of hydrogen-bond acceptors (Lipinski definition) is 3. The first-order valence-corrected chi connectivity index (χ1v) is 4.74. The maximum Gasteiger partial charge on any atom is 0.160 e. The first-order chi connectivity index (χ1) is 5.60. The van der Waals surface area contributed by atoms with Crippen LogP contribution in [0.5, 0.6) is 0 Å². The molecule has 0 aliphatic carbocycles. The van der Waals surface area contributed by atoms with Crippen molar-refractivity contribution in [2.45, 2.75) is 45.2 Å². The maximum absolute atomic E-state index is 9.53. The van der Waals surface area contributed by atoms with Crippen molar-refractivity contribution in [3.63, 3.8) is 0 Å². The van der Waals surface area contributed by atoms with E-state index in [9.17, 15) is 5.11 Å². The molecule has 3 aliphatic heterocycles. The fourth-order valence-corrected chi connectivity index (χ4v) is 2.47. The van der Waals surface area contributed by atoms with Crippen LogP contribution in [0.25, 0.3) is 0 Å². The van der Waals surface area contributed by atoms with Gasteiger partial charge in [-0.25, -0.2) is 0 Å². The molecule has 3 saturated heterocycles. The predicted octanol–water partition coefficient (Wildman–Crippen LogP) is 0.685. The van der Waals surface area contributed by atoms with E-state index in [0.29, 0.717) is 12.0 Å². The molecule has 3 fully saturated rings.